The first-order valence-corrected chi connectivity index (χ1v) is 17.8. The van der Waals surface area contributed by atoms with Gasteiger partial charge in [0, 0.05) is 27.4 Å². The van der Waals surface area contributed by atoms with Gasteiger partial charge in [0.2, 0.25) is 0 Å². The van der Waals surface area contributed by atoms with Crippen molar-refractivity contribution in [2.24, 2.45) is 0 Å². The highest BCUT2D eigenvalue weighted by molar-refractivity contribution is 6.14. The highest BCUT2D eigenvalue weighted by Gasteiger charge is 2.21. The maximum Gasteiger partial charge on any atom is 0.136 e. The van der Waals surface area contributed by atoms with Crippen molar-refractivity contribution in [3.8, 4) is 33.4 Å². The topological polar surface area (TPSA) is 16.4 Å². The minimum absolute atomic E-state index is 0.890. The molecule has 0 saturated heterocycles. The average Bonchev–Trinajstić information content (AvgIpc) is 3.61. The summed E-state index contributed by atoms with van der Waals surface area (Å²) in [7, 11) is 0. The van der Waals surface area contributed by atoms with Crippen LogP contribution < -0.4 is 4.90 Å². The molecule has 52 heavy (non-hydrogen) atoms. The van der Waals surface area contributed by atoms with E-state index in [1.165, 1.54) is 43.8 Å². The highest BCUT2D eigenvalue weighted by atomic mass is 16.3. The van der Waals surface area contributed by atoms with E-state index in [1.807, 2.05) is 12.1 Å². The monoisotopic (exact) mass is 663 g/mol. The molecule has 9 aromatic carbocycles. The van der Waals surface area contributed by atoms with Gasteiger partial charge in [-0.3, -0.25) is 0 Å². The van der Waals surface area contributed by atoms with Crippen LogP contribution in [0.25, 0.3) is 76.9 Å². The Morgan fingerprint density at radius 2 is 0.865 bits per heavy atom. The molecule has 244 valence electrons. The van der Waals surface area contributed by atoms with Gasteiger partial charge in [0.25, 0.3) is 0 Å². The summed E-state index contributed by atoms with van der Waals surface area (Å²) in [5, 5.41) is 7.16. The van der Waals surface area contributed by atoms with Gasteiger partial charge in [-0.25, -0.2) is 0 Å². The third-order valence-electron chi connectivity index (χ3n) is 10.3. The number of anilines is 3. The van der Waals surface area contributed by atoms with Crippen molar-refractivity contribution in [1.82, 2.24) is 0 Å². The molecular weight excluding hydrogens is 631 g/mol. The SMILES string of the molecule is c1ccc(N(c2ccc(-c3ccc(-c4ccc5ccccc5c4)cc3)cc2)c2cccc3ccccc23)c(-c2cccc3oc4ccccc4c23)c1. The van der Waals surface area contributed by atoms with Crippen molar-refractivity contribution in [3.05, 3.63) is 200 Å². The molecule has 0 aliphatic heterocycles. The van der Waals surface area contributed by atoms with Crippen LogP contribution >= 0.6 is 0 Å². The second kappa shape index (κ2) is 12.5. The standard InChI is InChI=1S/C50H33NO/c1-2-13-39-33-40(28-27-34(39)11-1)37-25-23-35(24-26-37)36-29-31-41(32-30-36)51(46-20-9-14-38-12-3-4-15-42(38)46)47-19-7-5-16-43(47)44-18-10-22-49-50(44)45-17-6-8-21-48(45)52-49/h1-33H. The van der Waals surface area contributed by atoms with Gasteiger partial charge in [0.05, 0.1) is 11.4 Å². The third kappa shape index (κ3) is 5.12. The number of nitrogens with zero attached hydrogens (tertiary/aromatic N) is 1. The number of hydrogen-bond acceptors (Lipinski definition) is 2. The summed E-state index contributed by atoms with van der Waals surface area (Å²) in [6.45, 7) is 0. The van der Waals surface area contributed by atoms with Crippen LogP contribution in [0.15, 0.2) is 205 Å². The summed E-state index contributed by atoms with van der Waals surface area (Å²) < 4.78 is 6.33. The van der Waals surface area contributed by atoms with Crippen LogP contribution in [-0.2, 0) is 0 Å². The van der Waals surface area contributed by atoms with Crippen molar-refractivity contribution in [3.63, 3.8) is 0 Å². The van der Waals surface area contributed by atoms with Crippen LogP contribution in [0.4, 0.5) is 17.1 Å². The molecule has 0 fully saturated rings. The Hall–Kier alpha value is -6.90. The molecule has 2 nitrogen and oxygen atoms in total. The van der Waals surface area contributed by atoms with Crippen LogP contribution in [0.3, 0.4) is 0 Å². The van der Waals surface area contributed by atoms with Crippen molar-refractivity contribution < 1.29 is 4.42 Å². The van der Waals surface area contributed by atoms with E-state index < -0.39 is 0 Å². The lowest BCUT2D eigenvalue weighted by Crippen LogP contribution is -2.11. The third-order valence-corrected chi connectivity index (χ3v) is 10.3. The predicted molar refractivity (Wildman–Crippen MR) is 220 cm³/mol. The second-order valence-corrected chi connectivity index (χ2v) is 13.3. The number of fused-ring (bicyclic) bond motifs is 5. The summed E-state index contributed by atoms with van der Waals surface area (Å²) in [6.07, 6.45) is 0. The Morgan fingerprint density at radius 3 is 1.69 bits per heavy atom. The van der Waals surface area contributed by atoms with Gasteiger partial charge in [0.15, 0.2) is 0 Å². The molecule has 0 atom stereocenters. The van der Waals surface area contributed by atoms with Crippen LogP contribution in [-0.4, -0.2) is 0 Å². The maximum absolute atomic E-state index is 6.33. The molecule has 0 amide bonds. The molecule has 0 saturated carbocycles. The van der Waals surface area contributed by atoms with E-state index in [0.717, 1.165) is 50.1 Å². The normalized spacial score (nSPS) is 11.5. The van der Waals surface area contributed by atoms with E-state index in [4.69, 9.17) is 4.42 Å². The van der Waals surface area contributed by atoms with Crippen LogP contribution in [0, 0.1) is 0 Å². The zero-order chi connectivity index (χ0) is 34.4. The van der Waals surface area contributed by atoms with Crippen molar-refractivity contribution >= 4 is 60.5 Å². The molecule has 0 N–H and O–H groups in total. The van der Waals surface area contributed by atoms with Crippen LogP contribution in [0.2, 0.25) is 0 Å². The number of hydrogen-bond donors (Lipinski definition) is 0. The average molecular weight is 664 g/mol. The molecule has 0 radical (unpaired) electrons. The Balaban J connectivity index is 1.09. The lowest BCUT2D eigenvalue weighted by atomic mass is 9.96. The smallest absolute Gasteiger partial charge is 0.136 e. The van der Waals surface area contributed by atoms with Crippen LogP contribution in [0.5, 0.6) is 0 Å². The molecule has 0 bridgehead atoms. The first-order chi connectivity index (χ1) is 25.8. The van der Waals surface area contributed by atoms with Crippen molar-refractivity contribution in [2.45, 2.75) is 0 Å². The van der Waals surface area contributed by atoms with Crippen LogP contribution in [0.1, 0.15) is 0 Å². The zero-order valence-corrected chi connectivity index (χ0v) is 28.4. The van der Waals surface area contributed by atoms with Gasteiger partial charge in [-0.05, 0) is 86.4 Å². The quantitative estimate of drug-likeness (QED) is 0.176. The first-order valence-electron chi connectivity index (χ1n) is 17.8. The predicted octanol–water partition coefficient (Wildman–Crippen LogP) is 14.4. The van der Waals surface area contributed by atoms with E-state index in [9.17, 15) is 0 Å². The molecule has 1 heterocycles. The summed E-state index contributed by atoms with van der Waals surface area (Å²) >= 11 is 0. The Kier molecular flexibility index (Phi) is 7.18. The van der Waals surface area contributed by atoms with Gasteiger partial charge in [-0.2, -0.15) is 0 Å². The second-order valence-electron chi connectivity index (χ2n) is 13.3. The molecular formula is C50H33NO. The van der Waals surface area contributed by atoms with Crippen molar-refractivity contribution in [2.75, 3.05) is 4.90 Å². The number of rotatable bonds is 6. The number of para-hydroxylation sites is 2. The molecule has 10 aromatic rings. The maximum atomic E-state index is 6.33. The fourth-order valence-corrected chi connectivity index (χ4v) is 7.73. The van der Waals surface area contributed by atoms with Gasteiger partial charge in [-0.1, -0.05) is 158 Å². The Morgan fingerprint density at radius 1 is 0.327 bits per heavy atom. The summed E-state index contributed by atoms with van der Waals surface area (Å²) in [6, 6.07) is 71.7. The minimum atomic E-state index is 0.890. The molecule has 0 unspecified atom stereocenters. The molecule has 0 spiro atoms. The van der Waals surface area contributed by atoms with E-state index in [-0.39, 0.29) is 0 Å². The Labute approximate surface area is 302 Å². The molecule has 0 aliphatic carbocycles. The lowest BCUT2D eigenvalue weighted by Gasteiger charge is -2.29. The zero-order valence-electron chi connectivity index (χ0n) is 28.4. The Bertz CT molecular complexity index is 2890. The highest BCUT2D eigenvalue weighted by Crippen LogP contribution is 2.46. The molecule has 2 heteroatoms. The summed E-state index contributed by atoms with van der Waals surface area (Å²) in [5.74, 6) is 0. The van der Waals surface area contributed by atoms with Crippen molar-refractivity contribution in [1.29, 1.82) is 0 Å². The number of benzene rings is 9. The van der Waals surface area contributed by atoms with Gasteiger partial charge in [0.1, 0.15) is 11.2 Å². The molecule has 1 aromatic heterocycles. The van der Waals surface area contributed by atoms with Gasteiger partial charge in [-0.15, -0.1) is 0 Å². The summed E-state index contributed by atoms with van der Waals surface area (Å²) in [5.41, 5.74) is 12.2. The summed E-state index contributed by atoms with van der Waals surface area (Å²) in [4.78, 5) is 2.41. The minimum Gasteiger partial charge on any atom is -0.456 e. The lowest BCUT2D eigenvalue weighted by molar-refractivity contribution is 0.669. The van der Waals surface area contributed by atoms with E-state index in [2.05, 4.69) is 193 Å². The van der Waals surface area contributed by atoms with E-state index in [1.54, 1.807) is 0 Å². The fraction of sp³-hybridized carbons (Fsp3) is 0. The van der Waals surface area contributed by atoms with Gasteiger partial charge >= 0.3 is 0 Å². The fourth-order valence-electron chi connectivity index (χ4n) is 7.73. The largest absolute Gasteiger partial charge is 0.456 e. The molecule has 0 aliphatic rings. The first kappa shape index (κ1) is 30.0. The van der Waals surface area contributed by atoms with Gasteiger partial charge < -0.3 is 9.32 Å². The molecule has 10 rings (SSSR count). The van der Waals surface area contributed by atoms with E-state index in [0.29, 0.717) is 0 Å². The van der Waals surface area contributed by atoms with E-state index >= 15 is 0 Å². The number of furan rings is 1.